The lowest BCUT2D eigenvalue weighted by Crippen LogP contribution is -2.51. The molecule has 0 fully saturated rings. The van der Waals surface area contributed by atoms with Crippen molar-refractivity contribution in [1.29, 1.82) is 0 Å². The number of amides is 1. The van der Waals surface area contributed by atoms with Gasteiger partial charge >= 0.3 is 0 Å². The van der Waals surface area contributed by atoms with Crippen LogP contribution in [0.4, 0.5) is 25.8 Å². The van der Waals surface area contributed by atoms with Crippen LogP contribution in [0.2, 0.25) is 0 Å². The van der Waals surface area contributed by atoms with Crippen molar-refractivity contribution in [2.45, 2.75) is 26.9 Å². The minimum Gasteiger partial charge on any atom is -0.360 e. The highest BCUT2D eigenvalue weighted by Gasteiger charge is 2.31. The molecule has 0 saturated carbocycles. The highest BCUT2D eigenvalue weighted by Crippen LogP contribution is 2.26. The number of carbonyl (C=O) groups excluding carboxylic acids is 1. The summed E-state index contributed by atoms with van der Waals surface area (Å²) in [5.41, 5.74) is -1.94. The monoisotopic (exact) mass is 415 g/mol. The maximum Gasteiger partial charge on any atom is 0.253 e. The fourth-order valence-corrected chi connectivity index (χ4v) is 2.67. The van der Waals surface area contributed by atoms with E-state index in [4.69, 9.17) is 0 Å². The summed E-state index contributed by atoms with van der Waals surface area (Å²) in [6.07, 6.45) is 3.32. The smallest absolute Gasteiger partial charge is 0.253 e. The van der Waals surface area contributed by atoms with E-state index in [2.05, 4.69) is 25.9 Å². The molecule has 0 aliphatic heterocycles. The Morgan fingerprint density at radius 2 is 1.53 bits per heavy atom. The van der Waals surface area contributed by atoms with Crippen LogP contribution in [0, 0.1) is 17.0 Å². The number of carbonyl (C=O) groups is 1. The lowest BCUT2D eigenvalue weighted by Gasteiger charge is -2.33. The van der Waals surface area contributed by atoms with Gasteiger partial charge in [0.05, 0.1) is 18.1 Å². The van der Waals surface area contributed by atoms with Crippen LogP contribution in [0.1, 0.15) is 31.1 Å². The van der Waals surface area contributed by atoms with Crippen molar-refractivity contribution >= 4 is 23.0 Å². The van der Waals surface area contributed by atoms with Gasteiger partial charge in [-0.05, 0) is 12.1 Å². The molecule has 1 heterocycles. The molecule has 3 aromatic rings. The Hall–Kier alpha value is -3.69. The highest BCUT2D eigenvalue weighted by molar-refractivity contribution is 5.94. The minimum atomic E-state index is -0.889. The Labute approximate surface area is 170 Å². The lowest BCUT2D eigenvalue weighted by atomic mass is 9.91. The van der Waals surface area contributed by atoms with Gasteiger partial charge in [-0.25, -0.2) is 18.7 Å². The largest absolute Gasteiger partial charge is 0.360 e. The summed E-state index contributed by atoms with van der Waals surface area (Å²) in [5.74, 6) is -2.52. The maximum atomic E-state index is 13.4. The van der Waals surface area contributed by atoms with Crippen molar-refractivity contribution < 1.29 is 13.6 Å². The summed E-state index contributed by atoms with van der Waals surface area (Å²) in [4.78, 5) is 44.3. The van der Waals surface area contributed by atoms with E-state index in [1.165, 1.54) is 18.7 Å². The van der Waals surface area contributed by atoms with Crippen molar-refractivity contribution in [1.82, 2.24) is 15.3 Å². The summed E-state index contributed by atoms with van der Waals surface area (Å²) in [6, 6.07) is 2.46. The molecule has 1 amide bonds. The SMILES string of the molecule is CC(C)(C)C(NC(=O)c1cc(F)cc(F)c1)Nc1c(Nc2cncnc2)c(=O)c1=O. The van der Waals surface area contributed by atoms with Gasteiger partial charge in [0.25, 0.3) is 16.8 Å². The molecule has 1 unspecified atom stereocenters. The molecule has 30 heavy (non-hydrogen) atoms. The van der Waals surface area contributed by atoms with Gasteiger partial charge in [-0.1, -0.05) is 20.8 Å². The zero-order valence-corrected chi connectivity index (χ0v) is 16.4. The van der Waals surface area contributed by atoms with Crippen molar-refractivity contribution in [3.8, 4) is 0 Å². The van der Waals surface area contributed by atoms with Crippen molar-refractivity contribution in [2.24, 2.45) is 5.41 Å². The van der Waals surface area contributed by atoms with E-state index in [1.807, 2.05) is 0 Å². The first-order valence-electron chi connectivity index (χ1n) is 8.95. The van der Waals surface area contributed by atoms with Crippen molar-refractivity contribution in [3.05, 3.63) is 74.6 Å². The van der Waals surface area contributed by atoms with Crippen LogP contribution < -0.4 is 26.8 Å². The number of rotatable bonds is 6. The molecule has 2 aromatic carbocycles. The second-order valence-corrected chi connectivity index (χ2v) is 7.74. The highest BCUT2D eigenvalue weighted by atomic mass is 19.1. The van der Waals surface area contributed by atoms with Gasteiger partial charge in [0.2, 0.25) is 0 Å². The number of anilines is 3. The number of nitrogens with one attached hydrogen (secondary N) is 3. The van der Waals surface area contributed by atoms with Crippen LogP contribution in [-0.4, -0.2) is 22.0 Å². The fraction of sp³-hybridized carbons (Fsp3) is 0.250. The van der Waals surface area contributed by atoms with Crippen LogP contribution in [-0.2, 0) is 0 Å². The van der Waals surface area contributed by atoms with Crippen molar-refractivity contribution in [3.63, 3.8) is 0 Å². The summed E-state index contributed by atoms with van der Waals surface area (Å²) in [7, 11) is 0. The van der Waals surface area contributed by atoms with E-state index in [0.29, 0.717) is 11.8 Å². The molecule has 8 nitrogen and oxygen atoms in total. The molecule has 0 radical (unpaired) electrons. The van der Waals surface area contributed by atoms with Crippen LogP contribution in [0.3, 0.4) is 0 Å². The molecule has 0 bridgehead atoms. The van der Waals surface area contributed by atoms with E-state index in [-0.39, 0.29) is 16.9 Å². The molecule has 0 spiro atoms. The topological polar surface area (TPSA) is 113 Å². The Bertz CT molecular complexity index is 1130. The third-order valence-electron chi connectivity index (χ3n) is 4.30. The van der Waals surface area contributed by atoms with Gasteiger partial charge in [0.1, 0.15) is 35.5 Å². The van der Waals surface area contributed by atoms with Gasteiger partial charge in [-0.3, -0.25) is 14.4 Å². The molecule has 0 aliphatic rings. The number of halogens is 2. The van der Waals surface area contributed by atoms with E-state index in [9.17, 15) is 23.2 Å². The molecule has 0 aliphatic carbocycles. The van der Waals surface area contributed by atoms with Crippen LogP contribution in [0.5, 0.6) is 0 Å². The van der Waals surface area contributed by atoms with Crippen LogP contribution >= 0.6 is 0 Å². The molecular formula is C20H19F2N5O3. The molecule has 0 saturated heterocycles. The van der Waals surface area contributed by atoms with Crippen molar-refractivity contribution in [2.75, 3.05) is 10.6 Å². The second kappa shape index (κ2) is 7.97. The quantitative estimate of drug-likeness (QED) is 0.418. The first-order valence-corrected chi connectivity index (χ1v) is 8.95. The average molecular weight is 415 g/mol. The molecule has 10 heteroatoms. The Morgan fingerprint density at radius 1 is 0.967 bits per heavy atom. The third-order valence-corrected chi connectivity index (χ3v) is 4.30. The van der Waals surface area contributed by atoms with E-state index in [0.717, 1.165) is 12.1 Å². The van der Waals surface area contributed by atoms with E-state index in [1.54, 1.807) is 20.8 Å². The average Bonchev–Trinajstić information content (AvgIpc) is 2.68. The Balaban J connectivity index is 1.85. The molecular weight excluding hydrogens is 396 g/mol. The molecule has 156 valence electrons. The summed E-state index contributed by atoms with van der Waals surface area (Å²) >= 11 is 0. The zero-order chi connectivity index (χ0) is 22.1. The van der Waals surface area contributed by atoms with Gasteiger partial charge in [-0.2, -0.15) is 0 Å². The standard InChI is InChI=1S/C20H19F2N5O3/c1-20(2,3)19(27-18(30)10-4-11(21)6-12(22)5-10)26-15-14(16(28)17(15)29)25-13-7-23-9-24-8-13/h4-9,19,25-26H,1-3H3,(H,27,30). The van der Waals surface area contributed by atoms with Crippen LogP contribution in [0.25, 0.3) is 0 Å². The molecule has 3 rings (SSSR count). The summed E-state index contributed by atoms with van der Waals surface area (Å²) in [6.45, 7) is 5.34. The zero-order valence-electron chi connectivity index (χ0n) is 16.4. The summed E-state index contributed by atoms with van der Waals surface area (Å²) in [5, 5.41) is 8.25. The molecule has 1 aromatic heterocycles. The Morgan fingerprint density at radius 3 is 2.10 bits per heavy atom. The fourth-order valence-electron chi connectivity index (χ4n) is 2.67. The number of hydrogen-bond acceptors (Lipinski definition) is 7. The number of nitrogens with zero attached hydrogens (tertiary/aromatic N) is 2. The van der Waals surface area contributed by atoms with Gasteiger partial charge in [-0.15, -0.1) is 0 Å². The molecule has 3 N–H and O–H groups in total. The number of hydrogen-bond donors (Lipinski definition) is 3. The third kappa shape index (κ3) is 4.48. The Kier molecular flexibility index (Phi) is 5.59. The predicted molar refractivity (Wildman–Crippen MR) is 107 cm³/mol. The number of aromatic nitrogens is 2. The van der Waals surface area contributed by atoms with E-state index >= 15 is 0 Å². The maximum absolute atomic E-state index is 13.4. The van der Waals surface area contributed by atoms with Gasteiger partial charge in [0.15, 0.2) is 0 Å². The minimum absolute atomic E-state index is 0.00935. The van der Waals surface area contributed by atoms with Crippen LogP contribution in [0.15, 0.2) is 46.5 Å². The van der Waals surface area contributed by atoms with Gasteiger partial charge < -0.3 is 16.0 Å². The normalized spacial score (nSPS) is 12.4. The summed E-state index contributed by atoms with van der Waals surface area (Å²) < 4.78 is 26.9. The first-order chi connectivity index (χ1) is 14.1. The van der Waals surface area contributed by atoms with E-state index < -0.39 is 40.0 Å². The second-order valence-electron chi connectivity index (χ2n) is 7.74. The lowest BCUT2D eigenvalue weighted by molar-refractivity contribution is 0.0912. The first kappa shape index (κ1) is 21.0. The molecule has 1 atom stereocenters. The predicted octanol–water partition coefficient (Wildman–Crippen LogP) is 2.31. The van der Waals surface area contributed by atoms with Gasteiger partial charge in [0, 0.05) is 17.0 Å². The number of benzene rings is 1.